The Labute approximate surface area is 144 Å². The molecule has 2 aromatic rings. The number of hydrogen-bond acceptors (Lipinski definition) is 5. The van der Waals surface area contributed by atoms with E-state index in [-0.39, 0.29) is 23.4 Å². The normalized spacial score (nSPS) is 14.4. The van der Waals surface area contributed by atoms with Gasteiger partial charge < -0.3 is 4.74 Å². The molecule has 0 aliphatic carbocycles. The molecule has 128 valence electrons. The number of benzene rings is 1. The van der Waals surface area contributed by atoms with Crippen molar-refractivity contribution < 1.29 is 22.7 Å². The minimum absolute atomic E-state index is 0.00721. The van der Waals surface area contributed by atoms with Crippen molar-refractivity contribution in [3.05, 3.63) is 45.8 Å². The largest absolute Gasteiger partial charge is 0.442 e. The zero-order chi connectivity index (χ0) is 18.2. The first kappa shape index (κ1) is 17.0. The molecule has 0 saturated heterocycles. The molecular weight excluding hydrogens is 355 g/mol. The highest BCUT2D eigenvalue weighted by atomic mass is 32.1. The van der Waals surface area contributed by atoms with Crippen LogP contribution in [-0.2, 0) is 10.9 Å². The van der Waals surface area contributed by atoms with Gasteiger partial charge in [0, 0.05) is 16.0 Å². The van der Waals surface area contributed by atoms with E-state index in [9.17, 15) is 18.0 Å². The third-order valence-corrected chi connectivity index (χ3v) is 4.74. The number of halogens is 3. The molecule has 0 bridgehead atoms. The van der Waals surface area contributed by atoms with Gasteiger partial charge in [-0.1, -0.05) is 12.1 Å². The first-order valence-electron chi connectivity index (χ1n) is 7.01. The number of cyclic esters (lactones) is 1. The molecule has 2 heterocycles. The van der Waals surface area contributed by atoms with Crippen molar-refractivity contribution >= 4 is 23.1 Å². The molecule has 0 unspecified atom stereocenters. The van der Waals surface area contributed by atoms with Gasteiger partial charge in [0.2, 0.25) is 0 Å². The summed E-state index contributed by atoms with van der Waals surface area (Å²) in [6, 6.07) is 7.32. The zero-order valence-corrected chi connectivity index (χ0v) is 13.6. The van der Waals surface area contributed by atoms with Gasteiger partial charge in [0.1, 0.15) is 23.3 Å². The summed E-state index contributed by atoms with van der Waals surface area (Å²) in [7, 11) is 0. The number of nitriles is 1. The Morgan fingerprint density at radius 1 is 1.36 bits per heavy atom. The second-order valence-electron chi connectivity index (χ2n) is 5.24. The smallest absolute Gasteiger partial charge is 0.428 e. The van der Waals surface area contributed by atoms with Gasteiger partial charge in [-0.05, 0) is 24.6 Å². The Morgan fingerprint density at radius 2 is 2.12 bits per heavy atom. The Balaban J connectivity index is 2.11. The number of thiophene rings is 1. The van der Waals surface area contributed by atoms with Crippen LogP contribution in [0.3, 0.4) is 0 Å². The number of ether oxygens (including phenoxy) is 1. The van der Waals surface area contributed by atoms with Gasteiger partial charge in [0.05, 0.1) is 5.56 Å². The minimum atomic E-state index is -4.59. The second-order valence-corrected chi connectivity index (χ2v) is 6.29. The van der Waals surface area contributed by atoms with Crippen molar-refractivity contribution in [3.8, 4) is 16.5 Å². The first-order chi connectivity index (χ1) is 11.8. The second kappa shape index (κ2) is 6.22. The fourth-order valence-corrected chi connectivity index (χ4v) is 3.37. The Morgan fingerprint density at radius 3 is 2.68 bits per heavy atom. The van der Waals surface area contributed by atoms with Gasteiger partial charge in [-0.15, -0.1) is 11.3 Å². The lowest BCUT2D eigenvalue weighted by Crippen LogP contribution is -2.30. The lowest BCUT2D eigenvalue weighted by Gasteiger charge is -2.17. The maximum Gasteiger partial charge on any atom is 0.428 e. The van der Waals surface area contributed by atoms with Crippen LogP contribution in [0, 0.1) is 18.3 Å². The SMILES string of the molecule is Cc1cc(-c2ccc(C3=NNC(=O)OC3)cc2C(F)(F)F)sc1C#N. The van der Waals surface area contributed by atoms with Crippen LogP contribution < -0.4 is 5.43 Å². The summed E-state index contributed by atoms with van der Waals surface area (Å²) in [6.45, 7) is 1.47. The molecule has 1 N–H and O–H groups in total. The summed E-state index contributed by atoms with van der Waals surface area (Å²) in [5, 5.41) is 12.7. The van der Waals surface area contributed by atoms with Gasteiger partial charge in [-0.3, -0.25) is 0 Å². The van der Waals surface area contributed by atoms with Crippen LogP contribution in [0.5, 0.6) is 0 Å². The minimum Gasteiger partial charge on any atom is -0.442 e. The highest BCUT2D eigenvalue weighted by Gasteiger charge is 2.35. The molecule has 0 fully saturated rings. The lowest BCUT2D eigenvalue weighted by molar-refractivity contribution is -0.137. The number of hydrogen-bond donors (Lipinski definition) is 1. The number of carbonyl (C=O) groups is 1. The first-order valence-corrected chi connectivity index (χ1v) is 7.83. The number of nitrogens with zero attached hydrogens (tertiary/aromatic N) is 2. The van der Waals surface area contributed by atoms with Crippen LogP contribution in [0.25, 0.3) is 10.4 Å². The van der Waals surface area contributed by atoms with Crippen molar-refractivity contribution in [2.45, 2.75) is 13.1 Å². The molecule has 0 saturated carbocycles. The van der Waals surface area contributed by atoms with E-state index in [1.165, 1.54) is 12.1 Å². The maximum atomic E-state index is 13.5. The van der Waals surface area contributed by atoms with Gasteiger partial charge >= 0.3 is 12.3 Å². The molecule has 0 radical (unpaired) electrons. The molecule has 1 aliphatic rings. The number of amides is 1. The summed E-state index contributed by atoms with van der Waals surface area (Å²) in [6.07, 6.45) is -5.34. The van der Waals surface area contributed by atoms with E-state index in [2.05, 4.69) is 10.5 Å². The van der Waals surface area contributed by atoms with Gasteiger partial charge in [-0.2, -0.15) is 23.5 Å². The lowest BCUT2D eigenvalue weighted by atomic mass is 9.99. The van der Waals surface area contributed by atoms with E-state index in [4.69, 9.17) is 10.00 Å². The van der Waals surface area contributed by atoms with E-state index in [1.807, 2.05) is 6.07 Å². The molecule has 9 heteroatoms. The molecule has 0 atom stereocenters. The van der Waals surface area contributed by atoms with Crippen LogP contribution >= 0.6 is 11.3 Å². The number of rotatable bonds is 2. The standard InChI is InChI=1S/C16H10F3N3O2S/c1-8-4-13(25-14(8)6-20)10-3-2-9(5-11(10)16(17,18)19)12-7-24-15(23)22-21-12/h2-5H,7H2,1H3,(H,22,23). The Hall–Kier alpha value is -2.86. The van der Waals surface area contributed by atoms with Gasteiger partial charge in [-0.25, -0.2) is 10.2 Å². The fourth-order valence-electron chi connectivity index (χ4n) is 2.36. The van der Waals surface area contributed by atoms with E-state index in [1.54, 1.807) is 13.0 Å². The maximum absolute atomic E-state index is 13.5. The highest BCUT2D eigenvalue weighted by Crippen LogP contribution is 2.41. The number of aryl methyl sites for hydroxylation is 1. The van der Waals surface area contributed by atoms with Crippen molar-refractivity contribution in [2.75, 3.05) is 6.61 Å². The quantitative estimate of drug-likeness (QED) is 0.872. The van der Waals surface area contributed by atoms with Crippen LogP contribution in [0.2, 0.25) is 0 Å². The van der Waals surface area contributed by atoms with Gasteiger partial charge in [0.15, 0.2) is 0 Å². The highest BCUT2D eigenvalue weighted by molar-refractivity contribution is 7.16. The molecule has 1 aromatic carbocycles. The summed E-state index contributed by atoms with van der Waals surface area (Å²) < 4.78 is 45.3. The van der Waals surface area contributed by atoms with E-state index >= 15 is 0 Å². The molecule has 1 aliphatic heterocycles. The Bertz CT molecular complexity index is 926. The molecule has 1 amide bonds. The Kier molecular flexibility index (Phi) is 4.22. The third kappa shape index (κ3) is 3.34. The topological polar surface area (TPSA) is 74.5 Å². The fraction of sp³-hybridized carbons (Fsp3) is 0.188. The monoisotopic (exact) mass is 365 g/mol. The summed E-state index contributed by atoms with van der Waals surface area (Å²) >= 11 is 1.01. The van der Waals surface area contributed by atoms with Crippen molar-refractivity contribution in [3.63, 3.8) is 0 Å². The van der Waals surface area contributed by atoms with Crippen molar-refractivity contribution in [1.82, 2.24) is 5.43 Å². The summed E-state index contributed by atoms with van der Waals surface area (Å²) in [5.41, 5.74) is 2.24. The summed E-state index contributed by atoms with van der Waals surface area (Å²) in [4.78, 5) is 11.7. The number of carbonyl (C=O) groups excluding carboxylic acids is 1. The summed E-state index contributed by atoms with van der Waals surface area (Å²) in [5.74, 6) is 0. The predicted octanol–water partition coefficient (Wildman–Crippen LogP) is 4.06. The van der Waals surface area contributed by atoms with Crippen molar-refractivity contribution in [1.29, 1.82) is 5.26 Å². The number of hydrazone groups is 1. The van der Waals surface area contributed by atoms with Crippen LogP contribution in [0.1, 0.15) is 21.6 Å². The number of nitrogens with one attached hydrogen (secondary N) is 1. The molecule has 0 spiro atoms. The molecule has 1 aromatic heterocycles. The van der Waals surface area contributed by atoms with Gasteiger partial charge in [0.25, 0.3) is 0 Å². The zero-order valence-electron chi connectivity index (χ0n) is 12.8. The van der Waals surface area contributed by atoms with Crippen LogP contribution in [0.4, 0.5) is 18.0 Å². The molecule has 3 rings (SSSR count). The van der Waals surface area contributed by atoms with Crippen LogP contribution in [-0.4, -0.2) is 18.4 Å². The third-order valence-electron chi connectivity index (χ3n) is 3.57. The van der Waals surface area contributed by atoms with Crippen LogP contribution in [0.15, 0.2) is 29.4 Å². The molecule has 25 heavy (non-hydrogen) atoms. The van der Waals surface area contributed by atoms with E-state index in [0.717, 1.165) is 17.4 Å². The van der Waals surface area contributed by atoms with Crippen molar-refractivity contribution in [2.24, 2.45) is 5.10 Å². The average molecular weight is 365 g/mol. The predicted molar refractivity (Wildman–Crippen MR) is 85.2 cm³/mol. The molecular formula is C16H10F3N3O2S. The van der Waals surface area contributed by atoms with E-state index in [0.29, 0.717) is 15.3 Å². The molecule has 5 nitrogen and oxygen atoms in total. The average Bonchev–Trinajstić information content (AvgIpc) is 2.95. The van der Waals surface area contributed by atoms with E-state index < -0.39 is 17.8 Å². The number of alkyl halides is 3.